The Morgan fingerprint density at radius 2 is 2.11 bits per heavy atom. The summed E-state index contributed by atoms with van der Waals surface area (Å²) >= 11 is 0. The molecule has 4 nitrogen and oxygen atoms in total. The molecule has 0 saturated carbocycles. The van der Waals surface area contributed by atoms with Crippen molar-refractivity contribution in [3.8, 4) is 0 Å². The average Bonchev–Trinajstić information content (AvgIpc) is 2.80. The van der Waals surface area contributed by atoms with Crippen molar-refractivity contribution in [1.82, 2.24) is 10.0 Å². The zero-order chi connectivity index (χ0) is 14.0. The van der Waals surface area contributed by atoms with Crippen molar-refractivity contribution in [3.05, 3.63) is 29.3 Å². The van der Waals surface area contributed by atoms with Crippen LogP contribution in [0, 0.1) is 19.8 Å². The molecule has 0 radical (unpaired) electrons. The largest absolute Gasteiger partial charge is 0.316 e. The van der Waals surface area contributed by atoms with E-state index in [2.05, 4.69) is 10.0 Å². The highest BCUT2D eigenvalue weighted by atomic mass is 32.2. The summed E-state index contributed by atoms with van der Waals surface area (Å²) in [7, 11) is -3.42. The van der Waals surface area contributed by atoms with E-state index in [4.69, 9.17) is 0 Å². The molecule has 1 aliphatic rings. The van der Waals surface area contributed by atoms with Gasteiger partial charge in [-0.3, -0.25) is 0 Å². The van der Waals surface area contributed by atoms with Crippen LogP contribution in [0.3, 0.4) is 0 Å². The van der Waals surface area contributed by atoms with Crippen molar-refractivity contribution in [2.45, 2.75) is 38.1 Å². The Bertz CT molecular complexity index is 549. The van der Waals surface area contributed by atoms with E-state index < -0.39 is 10.0 Å². The maximum atomic E-state index is 12.4. The van der Waals surface area contributed by atoms with Gasteiger partial charge in [-0.15, -0.1) is 0 Å². The molecule has 1 fully saturated rings. The second kappa shape index (κ2) is 5.61. The number of nitrogens with one attached hydrogen (secondary N) is 2. The molecule has 1 aromatic rings. The first-order valence-electron chi connectivity index (χ1n) is 6.70. The lowest BCUT2D eigenvalue weighted by atomic mass is 10.0. The van der Waals surface area contributed by atoms with Crippen LogP contribution in [0.5, 0.6) is 0 Å². The smallest absolute Gasteiger partial charge is 0.241 e. The number of benzene rings is 1. The van der Waals surface area contributed by atoms with E-state index >= 15 is 0 Å². The number of rotatable bonds is 4. The fraction of sp³-hybridized carbons (Fsp3) is 0.571. The van der Waals surface area contributed by atoms with Crippen LogP contribution in [0.2, 0.25) is 0 Å². The Hall–Kier alpha value is -0.910. The van der Waals surface area contributed by atoms with Crippen LogP contribution >= 0.6 is 0 Å². The summed E-state index contributed by atoms with van der Waals surface area (Å²) in [4.78, 5) is 0.385. The molecular formula is C14H22N2O2S. The second-order valence-corrected chi connectivity index (χ2v) is 7.11. The van der Waals surface area contributed by atoms with Crippen molar-refractivity contribution in [2.75, 3.05) is 13.1 Å². The summed E-state index contributed by atoms with van der Waals surface area (Å²) in [5.74, 6) is 0.375. The fourth-order valence-corrected chi connectivity index (χ4v) is 4.15. The van der Waals surface area contributed by atoms with Crippen LogP contribution in [0.15, 0.2) is 23.1 Å². The minimum Gasteiger partial charge on any atom is -0.316 e. The van der Waals surface area contributed by atoms with E-state index in [1.807, 2.05) is 32.9 Å². The normalized spacial score (nSPS) is 21.5. The number of sulfonamides is 1. The molecule has 1 saturated heterocycles. The number of hydrogen-bond donors (Lipinski definition) is 2. The zero-order valence-electron chi connectivity index (χ0n) is 11.7. The van der Waals surface area contributed by atoms with Gasteiger partial charge in [0.2, 0.25) is 10.0 Å². The molecule has 19 heavy (non-hydrogen) atoms. The van der Waals surface area contributed by atoms with E-state index in [9.17, 15) is 8.42 Å². The predicted octanol–water partition coefficient (Wildman–Crippen LogP) is 1.58. The lowest BCUT2D eigenvalue weighted by Crippen LogP contribution is -2.39. The van der Waals surface area contributed by atoms with Crippen molar-refractivity contribution < 1.29 is 8.42 Å². The minimum atomic E-state index is -3.42. The molecule has 2 rings (SSSR count). The van der Waals surface area contributed by atoms with Crippen molar-refractivity contribution in [1.29, 1.82) is 0 Å². The van der Waals surface area contributed by atoms with Gasteiger partial charge in [0.15, 0.2) is 0 Å². The van der Waals surface area contributed by atoms with Gasteiger partial charge in [0.25, 0.3) is 0 Å². The maximum Gasteiger partial charge on any atom is 0.241 e. The van der Waals surface area contributed by atoms with Gasteiger partial charge in [-0.05, 0) is 57.8 Å². The third kappa shape index (κ3) is 3.35. The lowest BCUT2D eigenvalue weighted by Gasteiger charge is -2.20. The quantitative estimate of drug-likeness (QED) is 0.881. The summed E-state index contributed by atoms with van der Waals surface area (Å²) in [5.41, 5.74) is 1.87. The fourth-order valence-electron chi connectivity index (χ4n) is 2.61. The van der Waals surface area contributed by atoms with Gasteiger partial charge in [-0.2, -0.15) is 0 Å². The molecule has 2 unspecified atom stereocenters. The number of hydrogen-bond acceptors (Lipinski definition) is 3. The summed E-state index contributed by atoms with van der Waals surface area (Å²) < 4.78 is 27.6. The minimum absolute atomic E-state index is 0.0410. The first-order chi connectivity index (χ1) is 8.90. The molecule has 1 heterocycles. The van der Waals surface area contributed by atoms with Gasteiger partial charge >= 0.3 is 0 Å². The highest BCUT2D eigenvalue weighted by Gasteiger charge is 2.26. The molecule has 2 N–H and O–H groups in total. The van der Waals surface area contributed by atoms with Gasteiger partial charge in [0, 0.05) is 6.04 Å². The molecule has 2 atom stereocenters. The maximum absolute atomic E-state index is 12.4. The third-order valence-corrected chi connectivity index (χ3v) is 5.49. The summed E-state index contributed by atoms with van der Waals surface area (Å²) in [6.07, 6.45) is 1.02. The van der Waals surface area contributed by atoms with E-state index in [0.717, 1.165) is 30.6 Å². The van der Waals surface area contributed by atoms with Crippen molar-refractivity contribution in [3.63, 3.8) is 0 Å². The molecule has 0 spiro atoms. The first kappa shape index (κ1) is 14.5. The SMILES string of the molecule is Cc1ccc(S(=O)(=O)NC(C)C2CCNC2)c(C)c1. The summed E-state index contributed by atoms with van der Waals surface area (Å²) in [5, 5.41) is 3.26. The predicted molar refractivity (Wildman–Crippen MR) is 76.7 cm³/mol. The Morgan fingerprint density at radius 1 is 1.37 bits per heavy atom. The third-order valence-electron chi connectivity index (χ3n) is 3.77. The van der Waals surface area contributed by atoms with Crippen LogP contribution in [0.1, 0.15) is 24.5 Å². The van der Waals surface area contributed by atoms with Crippen LogP contribution in [0.4, 0.5) is 0 Å². The molecule has 0 aliphatic carbocycles. The topological polar surface area (TPSA) is 58.2 Å². The number of aryl methyl sites for hydroxylation is 2. The average molecular weight is 282 g/mol. The van der Waals surface area contributed by atoms with E-state index in [1.54, 1.807) is 6.07 Å². The second-order valence-electron chi connectivity index (χ2n) is 5.43. The molecule has 1 aliphatic heterocycles. The first-order valence-corrected chi connectivity index (χ1v) is 8.19. The van der Waals surface area contributed by atoms with Gasteiger partial charge < -0.3 is 5.32 Å². The molecule has 0 aromatic heterocycles. The van der Waals surface area contributed by atoms with Gasteiger partial charge in [-0.1, -0.05) is 17.7 Å². The molecular weight excluding hydrogens is 260 g/mol. The molecule has 1 aromatic carbocycles. The Morgan fingerprint density at radius 3 is 2.68 bits per heavy atom. The summed E-state index contributed by atoms with van der Waals surface area (Å²) in [6.45, 7) is 7.60. The van der Waals surface area contributed by atoms with Crippen LogP contribution < -0.4 is 10.0 Å². The van der Waals surface area contributed by atoms with Gasteiger partial charge in [-0.25, -0.2) is 13.1 Å². The Labute approximate surface area is 115 Å². The van der Waals surface area contributed by atoms with Crippen LogP contribution in [-0.4, -0.2) is 27.5 Å². The standard InChI is InChI=1S/C14H22N2O2S/c1-10-4-5-14(11(2)8-10)19(17,18)16-12(3)13-6-7-15-9-13/h4-5,8,12-13,15-16H,6-7,9H2,1-3H3. The Balaban J connectivity index is 2.17. The van der Waals surface area contributed by atoms with E-state index in [-0.39, 0.29) is 6.04 Å². The molecule has 106 valence electrons. The van der Waals surface area contributed by atoms with Crippen molar-refractivity contribution in [2.24, 2.45) is 5.92 Å². The van der Waals surface area contributed by atoms with Crippen LogP contribution in [-0.2, 0) is 10.0 Å². The summed E-state index contributed by atoms with van der Waals surface area (Å²) in [6, 6.07) is 5.38. The molecule has 0 bridgehead atoms. The molecule has 5 heteroatoms. The molecule has 0 amide bonds. The van der Waals surface area contributed by atoms with Gasteiger partial charge in [0.1, 0.15) is 0 Å². The van der Waals surface area contributed by atoms with Gasteiger partial charge in [0.05, 0.1) is 4.90 Å². The van der Waals surface area contributed by atoms with E-state index in [1.165, 1.54) is 0 Å². The highest BCUT2D eigenvalue weighted by molar-refractivity contribution is 7.89. The lowest BCUT2D eigenvalue weighted by molar-refractivity contribution is 0.444. The Kier molecular flexibility index (Phi) is 4.28. The van der Waals surface area contributed by atoms with Crippen molar-refractivity contribution >= 4 is 10.0 Å². The van der Waals surface area contributed by atoms with E-state index in [0.29, 0.717) is 10.8 Å². The van der Waals surface area contributed by atoms with Crippen LogP contribution in [0.25, 0.3) is 0 Å². The monoisotopic (exact) mass is 282 g/mol. The zero-order valence-corrected chi connectivity index (χ0v) is 12.5. The highest BCUT2D eigenvalue weighted by Crippen LogP contribution is 2.19.